The van der Waals surface area contributed by atoms with E-state index in [0.717, 1.165) is 44.6 Å². The van der Waals surface area contributed by atoms with Gasteiger partial charge in [-0.2, -0.15) is 0 Å². The number of nitrogens with zero attached hydrogens (tertiary/aromatic N) is 1. The molecule has 8 aromatic carbocycles. The van der Waals surface area contributed by atoms with Crippen molar-refractivity contribution in [2.75, 3.05) is 4.90 Å². The quantitative estimate of drug-likeness (QED) is 0.174. The van der Waals surface area contributed by atoms with E-state index in [1.165, 1.54) is 50.1 Å². The molecule has 1 heterocycles. The average molecular weight is 680 g/mol. The largest absolute Gasteiger partial charge is 0.456 e. The maximum atomic E-state index is 6.30. The molecular formula is C51H37NO. The monoisotopic (exact) mass is 679 g/mol. The molecule has 2 nitrogen and oxygen atoms in total. The minimum Gasteiger partial charge on any atom is -0.456 e. The first-order valence-electron chi connectivity index (χ1n) is 18.3. The molecule has 0 spiro atoms. The third kappa shape index (κ3) is 5.10. The molecule has 53 heavy (non-hydrogen) atoms. The van der Waals surface area contributed by atoms with Gasteiger partial charge in [-0.3, -0.25) is 0 Å². The number of hydrogen-bond donors (Lipinski definition) is 0. The van der Waals surface area contributed by atoms with E-state index >= 15 is 0 Å². The summed E-state index contributed by atoms with van der Waals surface area (Å²) < 4.78 is 6.30. The Bertz CT molecular complexity index is 2790. The minimum atomic E-state index is -0.132. The zero-order chi connectivity index (χ0) is 35.5. The lowest BCUT2D eigenvalue weighted by Crippen LogP contribution is -2.17. The van der Waals surface area contributed by atoms with Gasteiger partial charge in [0.25, 0.3) is 0 Å². The normalized spacial score (nSPS) is 12.9. The summed E-state index contributed by atoms with van der Waals surface area (Å²) in [5.74, 6) is 0. The molecule has 9 aromatic rings. The molecule has 0 saturated carbocycles. The standard InChI is InChI=1S/C51H37NO/c1-51(2)45-21-11-9-18-41(45)42-30-29-39(33-46(42)51)52(38-27-24-35(25-28-38)34-14-5-3-6-15-34)47-22-13-20-40(36-16-7-4-8-17-36)50(47)37-26-31-49-44(32-37)43-19-10-12-23-48(43)53-49/h3-33H,1-2H3. The van der Waals surface area contributed by atoms with Gasteiger partial charge in [-0.05, 0) is 98.6 Å². The molecule has 0 saturated heterocycles. The molecule has 0 aliphatic heterocycles. The summed E-state index contributed by atoms with van der Waals surface area (Å²) in [4.78, 5) is 2.45. The van der Waals surface area contributed by atoms with Gasteiger partial charge in [-0.25, -0.2) is 0 Å². The van der Waals surface area contributed by atoms with Gasteiger partial charge in [0, 0.05) is 33.1 Å². The van der Waals surface area contributed by atoms with Crippen LogP contribution < -0.4 is 4.90 Å². The smallest absolute Gasteiger partial charge is 0.135 e. The molecule has 0 N–H and O–H groups in total. The summed E-state index contributed by atoms with van der Waals surface area (Å²) in [6, 6.07) is 68.0. The summed E-state index contributed by atoms with van der Waals surface area (Å²) in [7, 11) is 0. The van der Waals surface area contributed by atoms with Crippen LogP contribution in [-0.4, -0.2) is 0 Å². The number of furan rings is 1. The zero-order valence-corrected chi connectivity index (χ0v) is 29.8. The van der Waals surface area contributed by atoms with Crippen molar-refractivity contribution in [1.82, 2.24) is 0 Å². The van der Waals surface area contributed by atoms with Gasteiger partial charge < -0.3 is 9.32 Å². The third-order valence-corrected chi connectivity index (χ3v) is 11.1. The molecule has 2 heteroatoms. The Morgan fingerprint density at radius 1 is 0.396 bits per heavy atom. The molecule has 252 valence electrons. The van der Waals surface area contributed by atoms with E-state index in [0.29, 0.717) is 0 Å². The number of anilines is 3. The van der Waals surface area contributed by atoms with Crippen molar-refractivity contribution in [1.29, 1.82) is 0 Å². The fourth-order valence-corrected chi connectivity index (χ4v) is 8.46. The number of rotatable bonds is 6. The first-order valence-corrected chi connectivity index (χ1v) is 18.3. The fraction of sp³-hybridized carbons (Fsp3) is 0.0588. The lowest BCUT2D eigenvalue weighted by atomic mass is 9.82. The number of para-hydroxylation sites is 1. The SMILES string of the molecule is CC1(C)c2ccccc2-c2ccc(N(c3ccc(-c4ccccc4)cc3)c3cccc(-c4ccccc4)c3-c3ccc4oc5ccccc5c4c3)cc21. The molecule has 0 amide bonds. The highest BCUT2D eigenvalue weighted by molar-refractivity contribution is 6.08. The average Bonchev–Trinajstić information content (AvgIpc) is 3.70. The molecule has 1 aliphatic carbocycles. The number of hydrogen-bond acceptors (Lipinski definition) is 2. The maximum Gasteiger partial charge on any atom is 0.135 e. The molecule has 0 unspecified atom stereocenters. The predicted octanol–water partition coefficient (Wildman–Crippen LogP) is 14.4. The van der Waals surface area contributed by atoms with E-state index in [4.69, 9.17) is 4.42 Å². The van der Waals surface area contributed by atoms with Crippen LogP contribution in [0, 0.1) is 0 Å². The fourth-order valence-electron chi connectivity index (χ4n) is 8.46. The predicted molar refractivity (Wildman–Crippen MR) is 222 cm³/mol. The van der Waals surface area contributed by atoms with Crippen LogP contribution in [-0.2, 0) is 5.41 Å². The Kier molecular flexibility index (Phi) is 7.19. The second-order valence-electron chi connectivity index (χ2n) is 14.5. The van der Waals surface area contributed by atoms with Crippen LogP contribution >= 0.6 is 0 Å². The summed E-state index contributed by atoms with van der Waals surface area (Å²) >= 11 is 0. The van der Waals surface area contributed by atoms with Crippen LogP contribution in [0.2, 0.25) is 0 Å². The molecular weight excluding hydrogens is 643 g/mol. The van der Waals surface area contributed by atoms with Gasteiger partial charge in [-0.15, -0.1) is 0 Å². The van der Waals surface area contributed by atoms with Crippen molar-refractivity contribution in [2.24, 2.45) is 0 Å². The Labute approximate surface area is 310 Å². The van der Waals surface area contributed by atoms with Crippen LogP contribution in [0.25, 0.3) is 66.4 Å². The minimum absolute atomic E-state index is 0.132. The Morgan fingerprint density at radius 2 is 1.00 bits per heavy atom. The van der Waals surface area contributed by atoms with Gasteiger partial charge >= 0.3 is 0 Å². The van der Waals surface area contributed by atoms with E-state index in [1.807, 2.05) is 12.1 Å². The maximum absolute atomic E-state index is 6.30. The zero-order valence-electron chi connectivity index (χ0n) is 29.8. The first kappa shape index (κ1) is 31.1. The van der Waals surface area contributed by atoms with E-state index in [9.17, 15) is 0 Å². The van der Waals surface area contributed by atoms with E-state index in [1.54, 1.807) is 0 Å². The molecule has 0 radical (unpaired) electrons. The molecule has 0 atom stereocenters. The van der Waals surface area contributed by atoms with Gasteiger partial charge in [0.2, 0.25) is 0 Å². The van der Waals surface area contributed by atoms with Crippen molar-refractivity contribution in [3.63, 3.8) is 0 Å². The molecule has 1 aromatic heterocycles. The van der Waals surface area contributed by atoms with E-state index in [2.05, 4.69) is 195 Å². The van der Waals surface area contributed by atoms with Gasteiger partial charge in [-0.1, -0.05) is 153 Å². The molecule has 1 aliphatic rings. The van der Waals surface area contributed by atoms with Crippen LogP contribution in [0.5, 0.6) is 0 Å². The summed E-state index contributed by atoms with van der Waals surface area (Å²) in [6.45, 7) is 4.71. The van der Waals surface area contributed by atoms with Crippen LogP contribution in [0.3, 0.4) is 0 Å². The lowest BCUT2D eigenvalue weighted by Gasteiger charge is -2.31. The second kappa shape index (κ2) is 12.3. The van der Waals surface area contributed by atoms with E-state index < -0.39 is 0 Å². The molecule has 0 fully saturated rings. The first-order chi connectivity index (χ1) is 26.0. The second-order valence-corrected chi connectivity index (χ2v) is 14.5. The molecule has 0 bridgehead atoms. The Hall–Kier alpha value is -6.64. The molecule has 10 rings (SSSR count). The van der Waals surface area contributed by atoms with Crippen molar-refractivity contribution in [3.05, 3.63) is 199 Å². The van der Waals surface area contributed by atoms with Crippen LogP contribution in [0.4, 0.5) is 17.1 Å². The van der Waals surface area contributed by atoms with Crippen molar-refractivity contribution in [3.8, 4) is 44.5 Å². The van der Waals surface area contributed by atoms with Crippen molar-refractivity contribution < 1.29 is 4.42 Å². The van der Waals surface area contributed by atoms with Gasteiger partial charge in [0.15, 0.2) is 0 Å². The Morgan fingerprint density at radius 3 is 1.81 bits per heavy atom. The van der Waals surface area contributed by atoms with Crippen LogP contribution in [0.1, 0.15) is 25.0 Å². The number of benzene rings is 8. The van der Waals surface area contributed by atoms with E-state index in [-0.39, 0.29) is 5.41 Å². The van der Waals surface area contributed by atoms with Gasteiger partial charge in [0.1, 0.15) is 11.2 Å². The highest BCUT2D eigenvalue weighted by Crippen LogP contribution is 2.52. The summed E-state index contributed by atoms with van der Waals surface area (Å²) in [5.41, 5.74) is 17.4. The highest BCUT2D eigenvalue weighted by atomic mass is 16.3. The third-order valence-electron chi connectivity index (χ3n) is 11.1. The highest BCUT2D eigenvalue weighted by Gasteiger charge is 2.36. The van der Waals surface area contributed by atoms with Gasteiger partial charge in [0.05, 0.1) is 5.69 Å². The Balaban J connectivity index is 1.23. The van der Waals surface area contributed by atoms with Crippen molar-refractivity contribution in [2.45, 2.75) is 19.3 Å². The summed E-state index contributed by atoms with van der Waals surface area (Å²) in [5, 5.41) is 2.24. The summed E-state index contributed by atoms with van der Waals surface area (Å²) in [6.07, 6.45) is 0. The number of fused-ring (bicyclic) bond motifs is 6. The van der Waals surface area contributed by atoms with Crippen LogP contribution in [0.15, 0.2) is 192 Å². The van der Waals surface area contributed by atoms with Crippen molar-refractivity contribution >= 4 is 39.0 Å². The lowest BCUT2D eigenvalue weighted by molar-refractivity contribution is 0.660. The topological polar surface area (TPSA) is 16.4 Å².